The summed E-state index contributed by atoms with van der Waals surface area (Å²) in [7, 11) is 1.55. The fraction of sp³-hybridized carbons (Fsp3) is 0.500. The Bertz CT molecular complexity index is 586. The molecule has 6 nitrogen and oxygen atoms in total. The number of thiophene rings is 1. The molecule has 114 valence electrons. The van der Waals surface area contributed by atoms with Crippen LogP contribution in [0.5, 0.6) is 6.01 Å². The largest absolute Gasteiger partial charge is 0.467 e. The minimum atomic E-state index is 0.134. The summed E-state index contributed by atoms with van der Waals surface area (Å²) in [5, 5.41) is 6.44. The molecule has 0 bridgehead atoms. The summed E-state index contributed by atoms with van der Waals surface area (Å²) < 4.78 is 5.13. The Labute approximate surface area is 129 Å². The summed E-state index contributed by atoms with van der Waals surface area (Å²) in [5.74, 6) is 1.04. The summed E-state index contributed by atoms with van der Waals surface area (Å²) in [6, 6.07) is 4.67. The van der Waals surface area contributed by atoms with E-state index < -0.39 is 0 Å². The van der Waals surface area contributed by atoms with E-state index in [1.165, 1.54) is 9.75 Å². The van der Waals surface area contributed by atoms with Crippen LogP contribution in [0, 0.1) is 6.92 Å². The Morgan fingerprint density at radius 2 is 2.00 bits per heavy atom. The third kappa shape index (κ3) is 4.29. The smallest absolute Gasteiger partial charge is 0.322 e. The van der Waals surface area contributed by atoms with Crippen molar-refractivity contribution in [2.24, 2.45) is 0 Å². The van der Waals surface area contributed by atoms with Crippen LogP contribution >= 0.6 is 11.3 Å². The van der Waals surface area contributed by atoms with Gasteiger partial charge in [-0.15, -0.1) is 11.3 Å². The molecule has 0 amide bonds. The molecule has 0 aromatic carbocycles. The van der Waals surface area contributed by atoms with Crippen LogP contribution in [0.25, 0.3) is 0 Å². The number of hydrogen-bond donors (Lipinski definition) is 2. The number of rotatable bonds is 7. The molecule has 21 heavy (non-hydrogen) atoms. The summed E-state index contributed by atoms with van der Waals surface area (Å²) in [4.78, 5) is 15.3. The van der Waals surface area contributed by atoms with Gasteiger partial charge in [0.15, 0.2) is 0 Å². The quantitative estimate of drug-likeness (QED) is 0.818. The lowest BCUT2D eigenvalue weighted by Gasteiger charge is -2.13. The van der Waals surface area contributed by atoms with Gasteiger partial charge in [0.05, 0.1) is 13.2 Å². The number of aromatic nitrogens is 3. The van der Waals surface area contributed by atoms with Crippen LogP contribution in [0.2, 0.25) is 0 Å². The minimum absolute atomic E-state index is 0.134. The number of nitrogens with one attached hydrogen (secondary N) is 2. The standard InChI is InChI=1S/C14H21N5OS/c1-5-8-15-12-17-13(19-14(18-12)20-4)16-10(3)11-7-6-9(2)21-11/h6-7,10H,5,8H2,1-4H3,(H2,15,16,17,18,19). The molecule has 2 N–H and O–H groups in total. The molecule has 0 fully saturated rings. The number of hydrogen-bond acceptors (Lipinski definition) is 7. The fourth-order valence-electron chi connectivity index (χ4n) is 1.78. The lowest BCUT2D eigenvalue weighted by molar-refractivity contribution is 0.379. The Morgan fingerprint density at radius 1 is 1.24 bits per heavy atom. The van der Waals surface area contributed by atoms with E-state index in [4.69, 9.17) is 4.74 Å². The Balaban J connectivity index is 2.14. The highest BCUT2D eigenvalue weighted by Crippen LogP contribution is 2.25. The van der Waals surface area contributed by atoms with E-state index in [-0.39, 0.29) is 6.04 Å². The monoisotopic (exact) mass is 307 g/mol. The van der Waals surface area contributed by atoms with Crippen LogP contribution < -0.4 is 15.4 Å². The van der Waals surface area contributed by atoms with E-state index in [2.05, 4.69) is 58.5 Å². The van der Waals surface area contributed by atoms with Gasteiger partial charge in [0.25, 0.3) is 0 Å². The SMILES string of the molecule is CCCNc1nc(NC(C)c2ccc(C)s2)nc(OC)n1. The van der Waals surface area contributed by atoms with E-state index >= 15 is 0 Å². The molecule has 0 aliphatic heterocycles. The van der Waals surface area contributed by atoms with Gasteiger partial charge >= 0.3 is 6.01 Å². The molecular weight excluding hydrogens is 286 g/mol. The predicted molar refractivity (Wildman–Crippen MR) is 86.3 cm³/mol. The molecule has 0 saturated heterocycles. The third-order valence-corrected chi connectivity index (χ3v) is 4.05. The number of aryl methyl sites for hydroxylation is 1. The van der Waals surface area contributed by atoms with Gasteiger partial charge in [-0.3, -0.25) is 0 Å². The van der Waals surface area contributed by atoms with E-state index in [1.807, 2.05) is 0 Å². The maximum atomic E-state index is 5.13. The summed E-state index contributed by atoms with van der Waals surface area (Å²) in [5.41, 5.74) is 0. The van der Waals surface area contributed by atoms with E-state index in [0.717, 1.165) is 13.0 Å². The highest BCUT2D eigenvalue weighted by atomic mass is 32.1. The van der Waals surface area contributed by atoms with Gasteiger partial charge in [-0.05, 0) is 32.4 Å². The highest BCUT2D eigenvalue weighted by Gasteiger charge is 2.12. The molecule has 2 aromatic heterocycles. The summed E-state index contributed by atoms with van der Waals surface area (Å²) in [6.07, 6.45) is 1.00. The van der Waals surface area contributed by atoms with Crippen molar-refractivity contribution in [3.05, 3.63) is 21.9 Å². The van der Waals surface area contributed by atoms with Crippen molar-refractivity contribution in [2.45, 2.75) is 33.2 Å². The van der Waals surface area contributed by atoms with Gasteiger partial charge in [0.1, 0.15) is 0 Å². The molecule has 0 aliphatic carbocycles. The Hall–Kier alpha value is -1.89. The fourth-order valence-corrected chi connectivity index (χ4v) is 2.66. The van der Waals surface area contributed by atoms with Gasteiger partial charge in [0.2, 0.25) is 11.9 Å². The average Bonchev–Trinajstić information content (AvgIpc) is 2.91. The topological polar surface area (TPSA) is 72.0 Å². The van der Waals surface area contributed by atoms with Crippen LogP contribution in [0.15, 0.2) is 12.1 Å². The lowest BCUT2D eigenvalue weighted by atomic mass is 10.3. The van der Waals surface area contributed by atoms with Crippen LogP contribution in [-0.2, 0) is 0 Å². The third-order valence-electron chi connectivity index (χ3n) is 2.86. The molecule has 2 aromatic rings. The molecule has 0 saturated carbocycles. The van der Waals surface area contributed by atoms with Gasteiger partial charge in [-0.2, -0.15) is 15.0 Å². The normalized spacial score (nSPS) is 12.0. The van der Waals surface area contributed by atoms with E-state index in [1.54, 1.807) is 18.4 Å². The van der Waals surface area contributed by atoms with Crippen molar-refractivity contribution in [1.29, 1.82) is 0 Å². The second-order valence-electron chi connectivity index (χ2n) is 4.71. The van der Waals surface area contributed by atoms with Crippen molar-refractivity contribution in [3.8, 4) is 6.01 Å². The maximum absolute atomic E-state index is 5.13. The molecule has 0 aliphatic rings. The first-order valence-corrected chi connectivity index (χ1v) is 7.80. The Morgan fingerprint density at radius 3 is 2.62 bits per heavy atom. The summed E-state index contributed by atoms with van der Waals surface area (Å²) >= 11 is 1.76. The van der Waals surface area contributed by atoms with Gasteiger partial charge in [-0.1, -0.05) is 6.92 Å². The second-order valence-corrected chi connectivity index (χ2v) is 6.03. The zero-order chi connectivity index (χ0) is 15.2. The molecule has 1 unspecified atom stereocenters. The first-order chi connectivity index (χ1) is 10.1. The summed E-state index contributed by atoms with van der Waals surface area (Å²) in [6.45, 7) is 7.08. The zero-order valence-electron chi connectivity index (χ0n) is 12.8. The van der Waals surface area contributed by atoms with Crippen molar-refractivity contribution in [2.75, 3.05) is 24.3 Å². The highest BCUT2D eigenvalue weighted by molar-refractivity contribution is 7.12. The van der Waals surface area contributed by atoms with Crippen molar-refractivity contribution >= 4 is 23.2 Å². The van der Waals surface area contributed by atoms with Gasteiger partial charge < -0.3 is 15.4 Å². The maximum Gasteiger partial charge on any atom is 0.322 e. The van der Waals surface area contributed by atoms with E-state index in [9.17, 15) is 0 Å². The van der Waals surface area contributed by atoms with E-state index in [0.29, 0.717) is 17.9 Å². The molecule has 7 heteroatoms. The first kappa shape index (κ1) is 15.5. The molecule has 0 spiro atoms. The molecular formula is C14H21N5OS. The molecule has 2 heterocycles. The predicted octanol–water partition coefficient (Wildman–Crippen LogP) is 3.25. The lowest BCUT2D eigenvalue weighted by Crippen LogP contribution is -2.12. The van der Waals surface area contributed by atoms with Crippen molar-refractivity contribution in [3.63, 3.8) is 0 Å². The van der Waals surface area contributed by atoms with Crippen molar-refractivity contribution in [1.82, 2.24) is 15.0 Å². The van der Waals surface area contributed by atoms with Gasteiger partial charge in [0, 0.05) is 16.3 Å². The second kappa shape index (κ2) is 7.21. The number of ether oxygens (including phenoxy) is 1. The average molecular weight is 307 g/mol. The molecule has 0 radical (unpaired) electrons. The van der Waals surface area contributed by atoms with Crippen molar-refractivity contribution < 1.29 is 4.74 Å². The van der Waals surface area contributed by atoms with Crippen LogP contribution in [0.4, 0.5) is 11.9 Å². The van der Waals surface area contributed by atoms with Gasteiger partial charge in [-0.25, -0.2) is 0 Å². The van der Waals surface area contributed by atoms with Crippen LogP contribution in [-0.4, -0.2) is 28.6 Å². The molecule has 2 rings (SSSR count). The van der Waals surface area contributed by atoms with Crippen LogP contribution in [0.1, 0.15) is 36.1 Å². The minimum Gasteiger partial charge on any atom is -0.467 e. The number of anilines is 2. The zero-order valence-corrected chi connectivity index (χ0v) is 13.6. The molecule has 1 atom stereocenters. The Kier molecular flexibility index (Phi) is 5.32. The first-order valence-electron chi connectivity index (χ1n) is 6.99. The number of methoxy groups -OCH3 is 1. The number of nitrogens with zero attached hydrogens (tertiary/aromatic N) is 3. The van der Waals surface area contributed by atoms with Crippen LogP contribution in [0.3, 0.4) is 0 Å².